The van der Waals surface area contributed by atoms with E-state index in [0.29, 0.717) is 25.0 Å². The van der Waals surface area contributed by atoms with E-state index in [9.17, 15) is 15.0 Å². The fourth-order valence-electron chi connectivity index (χ4n) is 2.14. The van der Waals surface area contributed by atoms with Crippen LogP contribution in [0.1, 0.15) is 47.5 Å². The molecule has 4 heteroatoms. The zero-order valence-electron chi connectivity index (χ0n) is 13.6. The van der Waals surface area contributed by atoms with E-state index in [1.54, 1.807) is 40.7 Å². The third-order valence-corrected chi connectivity index (χ3v) is 3.44. The highest BCUT2D eigenvalue weighted by atomic mass is 16.5. The lowest BCUT2D eigenvalue weighted by atomic mass is 9.90. The van der Waals surface area contributed by atoms with Crippen molar-refractivity contribution >= 4 is 5.97 Å². The van der Waals surface area contributed by atoms with E-state index in [0.717, 1.165) is 11.1 Å². The Bertz CT molecular complexity index is 482. The van der Waals surface area contributed by atoms with Crippen molar-refractivity contribution in [2.75, 3.05) is 6.61 Å². The average Bonchev–Trinajstić information content (AvgIpc) is 2.50. The summed E-state index contributed by atoms with van der Waals surface area (Å²) >= 11 is 0. The number of carbonyl (C=O) groups is 1. The van der Waals surface area contributed by atoms with Crippen LogP contribution in [0.2, 0.25) is 0 Å². The van der Waals surface area contributed by atoms with Crippen LogP contribution in [0, 0.1) is 0 Å². The zero-order valence-corrected chi connectivity index (χ0v) is 13.6. The van der Waals surface area contributed by atoms with Crippen LogP contribution in [0.5, 0.6) is 0 Å². The molecule has 4 nitrogen and oxygen atoms in total. The van der Waals surface area contributed by atoms with Gasteiger partial charge in [0.25, 0.3) is 0 Å². The first-order chi connectivity index (χ1) is 9.54. The molecular weight excluding hydrogens is 268 g/mol. The van der Waals surface area contributed by atoms with Crippen LogP contribution in [0.15, 0.2) is 34.9 Å². The zero-order chi connectivity index (χ0) is 16.3. The molecule has 0 radical (unpaired) electrons. The van der Waals surface area contributed by atoms with Gasteiger partial charge in [0.2, 0.25) is 0 Å². The number of esters is 1. The predicted octanol–water partition coefficient (Wildman–Crippen LogP) is 2.66. The first-order valence-corrected chi connectivity index (χ1v) is 7.29. The van der Waals surface area contributed by atoms with Crippen LogP contribution in [0.4, 0.5) is 0 Å². The van der Waals surface area contributed by atoms with E-state index in [-0.39, 0.29) is 5.97 Å². The van der Waals surface area contributed by atoms with Crippen molar-refractivity contribution in [3.8, 4) is 0 Å². The lowest BCUT2D eigenvalue weighted by molar-refractivity contribution is -0.137. The second-order valence-electron chi connectivity index (χ2n) is 6.36. The molecule has 0 fully saturated rings. The molecule has 118 valence electrons. The number of hydrogen-bond donors (Lipinski definition) is 2. The van der Waals surface area contributed by atoms with Gasteiger partial charge in [0.15, 0.2) is 0 Å². The summed E-state index contributed by atoms with van der Waals surface area (Å²) in [6.45, 7) is 8.91. The third-order valence-electron chi connectivity index (χ3n) is 3.44. The smallest absolute Gasteiger partial charge is 0.331 e. The highest BCUT2D eigenvalue weighted by molar-refractivity contribution is 5.83. The van der Waals surface area contributed by atoms with Gasteiger partial charge in [0, 0.05) is 6.08 Å². The minimum Gasteiger partial charge on any atom is -0.463 e. The van der Waals surface area contributed by atoms with Crippen molar-refractivity contribution in [2.24, 2.45) is 0 Å². The number of rotatable bonds is 4. The van der Waals surface area contributed by atoms with Crippen LogP contribution < -0.4 is 0 Å². The first-order valence-electron chi connectivity index (χ1n) is 7.29. The normalized spacial score (nSPS) is 18.9. The molecule has 0 spiro atoms. The quantitative estimate of drug-likeness (QED) is 0.618. The summed E-state index contributed by atoms with van der Waals surface area (Å²) in [5, 5.41) is 20.5. The Morgan fingerprint density at radius 2 is 1.81 bits per heavy atom. The summed E-state index contributed by atoms with van der Waals surface area (Å²) in [7, 11) is 0. The second kappa shape index (κ2) is 6.58. The van der Waals surface area contributed by atoms with Gasteiger partial charge in [0.1, 0.15) is 0 Å². The molecule has 1 rings (SSSR count). The molecule has 1 aliphatic carbocycles. The Balaban J connectivity index is 3.17. The van der Waals surface area contributed by atoms with Crippen LogP contribution >= 0.6 is 0 Å². The maximum absolute atomic E-state index is 11.6. The molecule has 0 saturated carbocycles. The molecule has 0 saturated heterocycles. The first kappa shape index (κ1) is 17.7. The minimum atomic E-state index is -1.05. The molecular formula is C17H26O4. The number of ether oxygens (including phenoxy) is 1. The Kier molecular flexibility index (Phi) is 5.54. The third kappa shape index (κ3) is 5.48. The Morgan fingerprint density at radius 3 is 2.29 bits per heavy atom. The summed E-state index contributed by atoms with van der Waals surface area (Å²) in [5.41, 5.74) is 0.301. The molecule has 0 aromatic heterocycles. The van der Waals surface area contributed by atoms with Gasteiger partial charge in [-0.15, -0.1) is 0 Å². The van der Waals surface area contributed by atoms with Gasteiger partial charge >= 0.3 is 5.97 Å². The number of allylic oxidation sites excluding steroid dienone is 2. The van der Waals surface area contributed by atoms with Gasteiger partial charge in [-0.05, 0) is 64.2 Å². The molecule has 0 heterocycles. The molecule has 21 heavy (non-hydrogen) atoms. The van der Waals surface area contributed by atoms with E-state index in [2.05, 4.69) is 0 Å². The Labute approximate surface area is 126 Å². The summed E-state index contributed by atoms with van der Waals surface area (Å²) in [6.07, 6.45) is 6.33. The summed E-state index contributed by atoms with van der Waals surface area (Å²) in [6, 6.07) is 0. The average molecular weight is 294 g/mol. The van der Waals surface area contributed by atoms with Crippen molar-refractivity contribution in [3.63, 3.8) is 0 Å². The topological polar surface area (TPSA) is 66.8 Å². The van der Waals surface area contributed by atoms with Gasteiger partial charge in [-0.2, -0.15) is 0 Å². The number of hydrogen-bond acceptors (Lipinski definition) is 4. The van der Waals surface area contributed by atoms with Gasteiger partial charge in [-0.1, -0.05) is 12.2 Å². The van der Waals surface area contributed by atoms with Gasteiger partial charge < -0.3 is 14.9 Å². The fourth-order valence-corrected chi connectivity index (χ4v) is 2.14. The van der Waals surface area contributed by atoms with Crippen LogP contribution in [-0.4, -0.2) is 34.0 Å². The Morgan fingerprint density at radius 1 is 1.19 bits per heavy atom. The van der Waals surface area contributed by atoms with E-state index in [1.807, 2.05) is 6.08 Å². The highest BCUT2D eigenvalue weighted by Gasteiger charge is 2.26. The van der Waals surface area contributed by atoms with Gasteiger partial charge in [-0.3, -0.25) is 0 Å². The van der Waals surface area contributed by atoms with Crippen molar-refractivity contribution in [3.05, 3.63) is 34.9 Å². The lowest BCUT2D eigenvalue weighted by Gasteiger charge is -2.24. The van der Waals surface area contributed by atoms with Crippen molar-refractivity contribution in [1.82, 2.24) is 0 Å². The molecule has 2 N–H and O–H groups in total. The molecule has 0 bridgehead atoms. The summed E-state index contributed by atoms with van der Waals surface area (Å²) in [4.78, 5) is 11.6. The van der Waals surface area contributed by atoms with Gasteiger partial charge in [0.05, 0.1) is 17.8 Å². The van der Waals surface area contributed by atoms with Crippen molar-refractivity contribution in [2.45, 2.75) is 58.7 Å². The second-order valence-corrected chi connectivity index (χ2v) is 6.36. The molecule has 0 amide bonds. The molecule has 0 aliphatic heterocycles. The van der Waals surface area contributed by atoms with E-state index >= 15 is 0 Å². The molecule has 0 atom stereocenters. The monoisotopic (exact) mass is 294 g/mol. The van der Waals surface area contributed by atoms with Crippen LogP contribution in [0.25, 0.3) is 0 Å². The standard InChI is InChI=1S/C17H26O4/c1-6-21-15(18)10-12-7-8-13(16(2,3)19)11-14(9-12)17(4,5)20/h9-11,19-20H,6-8H2,1-5H3/b12-10+. The molecule has 0 aromatic rings. The lowest BCUT2D eigenvalue weighted by Crippen LogP contribution is -2.25. The number of aliphatic hydroxyl groups is 2. The SMILES string of the molecule is CCOC(=O)/C=C1/C=C(C(C)(C)O)C=C(C(C)(C)O)CC1. The Hall–Kier alpha value is -1.39. The van der Waals surface area contributed by atoms with E-state index in [1.165, 1.54) is 6.08 Å². The fraction of sp³-hybridized carbons (Fsp3) is 0.588. The van der Waals surface area contributed by atoms with E-state index in [4.69, 9.17) is 4.74 Å². The van der Waals surface area contributed by atoms with Crippen molar-refractivity contribution in [1.29, 1.82) is 0 Å². The molecule has 0 unspecified atom stereocenters. The molecule has 0 aromatic carbocycles. The maximum Gasteiger partial charge on any atom is 0.331 e. The molecule has 1 aliphatic rings. The predicted molar refractivity (Wildman–Crippen MR) is 82.7 cm³/mol. The minimum absolute atomic E-state index is 0.331. The van der Waals surface area contributed by atoms with E-state index < -0.39 is 11.2 Å². The largest absolute Gasteiger partial charge is 0.463 e. The van der Waals surface area contributed by atoms with Crippen molar-refractivity contribution < 1.29 is 19.7 Å². The van der Waals surface area contributed by atoms with Crippen LogP contribution in [0.3, 0.4) is 0 Å². The number of carbonyl (C=O) groups excluding carboxylic acids is 1. The van der Waals surface area contributed by atoms with Crippen LogP contribution in [-0.2, 0) is 9.53 Å². The maximum atomic E-state index is 11.6. The van der Waals surface area contributed by atoms with Gasteiger partial charge in [-0.25, -0.2) is 4.79 Å². The summed E-state index contributed by atoms with van der Waals surface area (Å²) < 4.78 is 4.93. The summed E-state index contributed by atoms with van der Waals surface area (Å²) in [5.74, 6) is -0.384. The highest BCUT2D eigenvalue weighted by Crippen LogP contribution is 2.32.